The first-order valence-corrected chi connectivity index (χ1v) is 6.73. The average molecular weight is 345 g/mol. The van der Waals surface area contributed by atoms with Crippen LogP contribution in [0.3, 0.4) is 0 Å². The highest BCUT2D eigenvalue weighted by molar-refractivity contribution is 9.10. The van der Waals surface area contributed by atoms with E-state index in [1.165, 1.54) is 24.0 Å². The van der Waals surface area contributed by atoms with Gasteiger partial charge in [0.25, 0.3) is 5.69 Å². The first kappa shape index (κ1) is 14.0. The number of halogens is 1. The van der Waals surface area contributed by atoms with Gasteiger partial charge >= 0.3 is 0 Å². The number of aromatic nitrogens is 3. The molecule has 0 spiro atoms. The molecular formula is C10H9BrN4O3S. The third-order valence-corrected chi connectivity index (χ3v) is 4.34. The molecule has 2 heterocycles. The third kappa shape index (κ3) is 2.94. The topological polar surface area (TPSA) is 94.1 Å². The van der Waals surface area contributed by atoms with Crippen LogP contribution in [-0.2, 0) is 13.7 Å². The normalized spacial score (nSPS) is 10.7. The lowest BCUT2D eigenvalue weighted by Crippen LogP contribution is -1.98. The van der Waals surface area contributed by atoms with Crippen molar-refractivity contribution in [3.8, 4) is 0 Å². The fourth-order valence-corrected chi connectivity index (χ4v) is 2.72. The van der Waals surface area contributed by atoms with Crippen LogP contribution in [0.25, 0.3) is 0 Å². The Labute approximate surface area is 121 Å². The number of imidazole rings is 1. The highest BCUT2D eigenvalue weighted by atomic mass is 79.9. The Bertz CT molecular complexity index is 631. The van der Waals surface area contributed by atoms with E-state index in [0.29, 0.717) is 20.3 Å². The van der Waals surface area contributed by atoms with Crippen molar-refractivity contribution < 1.29 is 10.0 Å². The molecule has 7 nitrogen and oxygen atoms in total. The molecule has 0 atom stereocenters. The lowest BCUT2D eigenvalue weighted by atomic mass is 10.4. The number of hydrogen-bond donors (Lipinski definition) is 1. The van der Waals surface area contributed by atoms with Crippen molar-refractivity contribution in [3.05, 3.63) is 38.7 Å². The summed E-state index contributed by atoms with van der Waals surface area (Å²) in [7, 11) is 1.78. The van der Waals surface area contributed by atoms with Gasteiger partial charge in [-0.3, -0.25) is 10.1 Å². The minimum absolute atomic E-state index is 0.0767. The number of nitrogens with zero attached hydrogens (tertiary/aromatic N) is 4. The van der Waals surface area contributed by atoms with E-state index in [0.717, 1.165) is 0 Å². The predicted molar refractivity (Wildman–Crippen MR) is 71.8 cm³/mol. The molecular weight excluding hydrogens is 336 g/mol. The monoisotopic (exact) mass is 344 g/mol. The standard InChI is InChI=1S/C10H9BrN4O3S/c1-14-7(5-16)4-13-10(14)19-9-8(11)2-6(3-12-9)15(17)18/h2-4,16H,5H2,1H3. The summed E-state index contributed by atoms with van der Waals surface area (Å²) in [6.07, 6.45) is 2.77. The number of rotatable bonds is 4. The Morgan fingerprint density at radius 1 is 1.53 bits per heavy atom. The van der Waals surface area contributed by atoms with Crippen LogP contribution in [0.4, 0.5) is 5.69 Å². The summed E-state index contributed by atoms with van der Waals surface area (Å²) in [6, 6.07) is 1.39. The van der Waals surface area contributed by atoms with Crippen LogP contribution in [-0.4, -0.2) is 24.6 Å². The molecule has 9 heteroatoms. The van der Waals surface area contributed by atoms with E-state index in [9.17, 15) is 10.1 Å². The molecule has 0 amide bonds. The molecule has 0 aliphatic carbocycles. The average Bonchev–Trinajstić information content (AvgIpc) is 2.72. The van der Waals surface area contributed by atoms with E-state index in [1.807, 2.05) is 0 Å². The fraction of sp³-hybridized carbons (Fsp3) is 0.200. The van der Waals surface area contributed by atoms with Crippen molar-refractivity contribution in [2.45, 2.75) is 16.8 Å². The summed E-state index contributed by atoms with van der Waals surface area (Å²) in [5.41, 5.74) is 0.604. The van der Waals surface area contributed by atoms with Gasteiger partial charge in [-0.1, -0.05) is 0 Å². The van der Waals surface area contributed by atoms with Crippen LogP contribution in [0.15, 0.2) is 33.1 Å². The van der Waals surface area contributed by atoms with E-state index < -0.39 is 4.92 Å². The molecule has 0 aromatic carbocycles. The molecule has 0 saturated heterocycles. The van der Waals surface area contributed by atoms with E-state index in [2.05, 4.69) is 25.9 Å². The van der Waals surface area contributed by atoms with Gasteiger partial charge in [0.15, 0.2) is 5.16 Å². The molecule has 0 aliphatic heterocycles. The minimum Gasteiger partial charge on any atom is -0.390 e. The number of pyridine rings is 1. The second-order valence-corrected chi connectivity index (χ2v) is 5.40. The lowest BCUT2D eigenvalue weighted by Gasteiger charge is -2.04. The smallest absolute Gasteiger partial charge is 0.288 e. The van der Waals surface area contributed by atoms with Gasteiger partial charge < -0.3 is 9.67 Å². The molecule has 0 bridgehead atoms. The maximum Gasteiger partial charge on any atom is 0.288 e. The molecule has 100 valence electrons. The lowest BCUT2D eigenvalue weighted by molar-refractivity contribution is -0.385. The maximum atomic E-state index is 10.6. The van der Waals surface area contributed by atoms with Crippen molar-refractivity contribution in [2.24, 2.45) is 7.05 Å². The summed E-state index contributed by atoms with van der Waals surface area (Å²) >= 11 is 4.50. The second-order valence-electron chi connectivity index (χ2n) is 3.59. The van der Waals surface area contributed by atoms with Crippen LogP contribution >= 0.6 is 27.7 Å². The molecule has 0 saturated carbocycles. The van der Waals surface area contributed by atoms with E-state index >= 15 is 0 Å². The summed E-state index contributed by atoms with van der Waals surface area (Å²) in [6.45, 7) is -0.0983. The Morgan fingerprint density at radius 3 is 2.79 bits per heavy atom. The summed E-state index contributed by atoms with van der Waals surface area (Å²) in [5, 5.41) is 20.9. The molecule has 0 fully saturated rings. The van der Waals surface area contributed by atoms with E-state index in [1.54, 1.807) is 17.8 Å². The van der Waals surface area contributed by atoms with Crippen LogP contribution in [0.2, 0.25) is 0 Å². The number of aliphatic hydroxyl groups excluding tert-OH is 1. The zero-order valence-electron chi connectivity index (χ0n) is 9.78. The van der Waals surface area contributed by atoms with Gasteiger partial charge in [-0.2, -0.15) is 0 Å². The highest BCUT2D eigenvalue weighted by Gasteiger charge is 2.14. The summed E-state index contributed by atoms with van der Waals surface area (Å²) in [5.74, 6) is 0. The first-order valence-electron chi connectivity index (χ1n) is 5.12. The molecule has 19 heavy (non-hydrogen) atoms. The van der Waals surface area contributed by atoms with Crippen molar-refractivity contribution in [3.63, 3.8) is 0 Å². The fourth-order valence-electron chi connectivity index (χ4n) is 1.34. The van der Waals surface area contributed by atoms with E-state index in [-0.39, 0.29) is 12.3 Å². The van der Waals surface area contributed by atoms with Gasteiger partial charge in [-0.25, -0.2) is 9.97 Å². The first-order chi connectivity index (χ1) is 9.02. The zero-order chi connectivity index (χ0) is 14.0. The van der Waals surface area contributed by atoms with Gasteiger partial charge in [0.2, 0.25) is 0 Å². The van der Waals surface area contributed by atoms with Gasteiger partial charge in [0, 0.05) is 13.1 Å². The van der Waals surface area contributed by atoms with Gasteiger partial charge in [-0.05, 0) is 27.7 Å². The van der Waals surface area contributed by atoms with Gasteiger partial charge in [0.05, 0.1) is 27.9 Å². The Balaban J connectivity index is 2.28. The molecule has 0 radical (unpaired) electrons. The molecule has 2 aromatic rings. The van der Waals surface area contributed by atoms with Crippen molar-refractivity contribution in [1.29, 1.82) is 0 Å². The molecule has 2 rings (SSSR count). The van der Waals surface area contributed by atoms with Crippen LogP contribution in [0.5, 0.6) is 0 Å². The Morgan fingerprint density at radius 2 is 2.26 bits per heavy atom. The summed E-state index contributed by atoms with van der Waals surface area (Å²) < 4.78 is 2.26. The Hall–Kier alpha value is -1.45. The van der Waals surface area contributed by atoms with Gasteiger partial charge in [0.1, 0.15) is 11.2 Å². The zero-order valence-corrected chi connectivity index (χ0v) is 12.2. The quantitative estimate of drug-likeness (QED) is 0.674. The minimum atomic E-state index is -0.503. The van der Waals surface area contributed by atoms with Crippen LogP contribution < -0.4 is 0 Å². The number of hydrogen-bond acceptors (Lipinski definition) is 6. The molecule has 0 unspecified atom stereocenters. The Kier molecular flexibility index (Phi) is 4.17. The molecule has 2 aromatic heterocycles. The third-order valence-electron chi connectivity index (χ3n) is 2.40. The van der Waals surface area contributed by atoms with Crippen molar-refractivity contribution >= 4 is 33.4 Å². The molecule has 0 aliphatic rings. The number of nitro groups is 1. The largest absolute Gasteiger partial charge is 0.390 e. The maximum absolute atomic E-state index is 10.6. The highest BCUT2D eigenvalue weighted by Crippen LogP contribution is 2.32. The predicted octanol–water partition coefficient (Wildman–Crippen LogP) is 2.13. The van der Waals surface area contributed by atoms with Crippen molar-refractivity contribution in [1.82, 2.24) is 14.5 Å². The second kappa shape index (κ2) is 5.68. The van der Waals surface area contributed by atoms with Crippen LogP contribution in [0.1, 0.15) is 5.69 Å². The van der Waals surface area contributed by atoms with Crippen molar-refractivity contribution in [2.75, 3.05) is 0 Å². The summed E-state index contributed by atoms with van der Waals surface area (Å²) in [4.78, 5) is 18.3. The van der Waals surface area contributed by atoms with Crippen LogP contribution in [0, 0.1) is 10.1 Å². The molecule has 1 N–H and O–H groups in total. The van der Waals surface area contributed by atoms with E-state index in [4.69, 9.17) is 5.11 Å². The van der Waals surface area contributed by atoms with Gasteiger partial charge in [-0.15, -0.1) is 0 Å². The number of aliphatic hydroxyl groups is 1. The SMILES string of the molecule is Cn1c(CO)cnc1Sc1ncc([N+](=O)[O-])cc1Br.